The summed E-state index contributed by atoms with van der Waals surface area (Å²) in [4.78, 5) is 11.0. The van der Waals surface area contributed by atoms with E-state index in [0.717, 1.165) is 5.52 Å². The van der Waals surface area contributed by atoms with Gasteiger partial charge in [-0.1, -0.05) is 19.1 Å². The molecule has 1 amide bonds. The van der Waals surface area contributed by atoms with E-state index in [2.05, 4.69) is 10.3 Å². The molecule has 9 heteroatoms. The maximum Gasteiger partial charge on any atom is 0.243 e. The first kappa shape index (κ1) is 17.4. The number of fused-ring (bicyclic) bond motifs is 1. The Labute approximate surface area is 135 Å². The highest BCUT2D eigenvalue weighted by Gasteiger charge is 2.22. The van der Waals surface area contributed by atoms with Crippen molar-refractivity contribution < 1.29 is 13.2 Å². The van der Waals surface area contributed by atoms with Crippen molar-refractivity contribution in [2.24, 2.45) is 5.73 Å². The van der Waals surface area contributed by atoms with E-state index in [-0.39, 0.29) is 17.2 Å². The van der Waals surface area contributed by atoms with Crippen LogP contribution in [0.4, 0.5) is 0 Å². The van der Waals surface area contributed by atoms with E-state index in [9.17, 15) is 13.2 Å². The van der Waals surface area contributed by atoms with Crippen molar-refractivity contribution in [2.75, 3.05) is 13.1 Å². The van der Waals surface area contributed by atoms with Gasteiger partial charge in [0.15, 0.2) is 0 Å². The first-order chi connectivity index (χ1) is 10.9. The van der Waals surface area contributed by atoms with E-state index in [1.807, 2.05) is 0 Å². The van der Waals surface area contributed by atoms with Gasteiger partial charge in [-0.25, -0.2) is 13.1 Å². The second-order valence-electron chi connectivity index (χ2n) is 5.12. The van der Waals surface area contributed by atoms with Crippen LogP contribution >= 0.6 is 0 Å². The zero-order chi connectivity index (χ0) is 17.0. The van der Waals surface area contributed by atoms with E-state index >= 15 is 0 Å². The minimum Gasteiger partial charge on any atom is -0.370 e. The van der Waals surface area contributed by atoms with Gasteiger partial charge in [0.1, 0.15) is 5.52 Å². The van der Waals surface area contributed by atoms with Crippen LogP contribution in [0.2, 0.25) is 0 Å². The summed E-state index contributed by atoms with van der Waals surface area (Å²) in [5, 5.41) is 8.02. The molecule has 0 fully saturated rings. The predicted molar refractivity (Wildman–Crippen MR) is 86.1 cm³/mol. The second kappa shape index (κ2) is 7.05. The molecule has 1 aromatic carbocycles. The van der Waals surface area contributed by atoms with E-state index in [1.165, 1.54) is 10.4 Å². The fourth-order valence-electron chi connectivity index (χ4n) is 2.39. The Morgan fingerprint density at radius 1 is 1.30 bits per heavy atom. The Hall–Kier alpha value is -2.00. The highest BCUT2D eigenvalue weighted by atomic mass is 32.2. The number of carbonyl (C=O) groups excluding carboxylic acids is 1. The number of primary amides is 1. The molecule has 1 heterocycles. The van der Waals surface area contributed by atoms with Crippen molar-refractivity contribution >= 4 is 27.0 Å². The highest BCUT2D eigenvalue weighted by molar-refractivity contribution is 7.89. The van der Waals surface area contributed by atoms with Crippen molar-refractivity contribution in [1.29, 1.82) is 0 Å². The smallest absolute Gasteiger partial charge is 0.243 e. The van der Waals surface area contributed by atoms with Crippen LogP contribution in [0.1, 0.15) is 26.7 Å². The zero-order valence-electron chi connectivity index (χ0n) is 13.3. The number of hydrogen-bond donors (Lipinski definition) is 1. The van der Waals surface area contributed by atoms with E-state index in [0.29, 0.717) is 31.6 Å². The molecule has 0 aliphatic rings. The van der Waals surface area contributed by atoms with Crippen LogP contribution in [0.5, 0.6) is 0 Å². The van der Waals surface area contributed by atoms with Crippen LogP contribution < -0.4 is 5.73 Å². The summed E-state index contributed by atoms with van der Waals surface area (Å²) in [6.07, 6.45) is 0.836. The molecule has 0 unspecified atom stereocenters. The fourth-order valence-corrected chi connectivity index (χ4v) is 3.87. The number of aromatic nitrogens is 3. The second-order valence-corrected chi connectivity index (χ2v) is 7.06. The number of nitrogens with zero attached hydrogens (tertiary/aromatic N) is 4. The lowest BCUT2D eigenvalue weighted by Gasteiger charge is -2.18. The van der Waals surface area contributed by atoms with Gasteiger partial charge in [-0.05, 0) is 24.6 Å². The van der Waals surface area contributed by atoms with Gasteiger partial charge in [0.25, 0.3) is 0 Å². The van der Waals surface area contributed by atoms with Crippen LogP contribution in [0.25, 0.3) is 11.0 Å². The van der Waals surface area contributed by atoms with Crippen molar-refractivity contribution in [3.63, 3.8) is 0 Å². The van der Waals surface area contributed by atoms with Crippen molar-refractivity contribution in [1.82, 2.24) is 19.3 Å². The summed E-state index contributed by atoms with van der Waals surface area (Å²) in [6.45, 7) is 4.93. The average Bonchev–Trinajstić information content (AvgIpc) is 2.90. The molecule has 1 aromatic heterocycles. The number of amides is 1. The summed E-state index contributed by atoms with van der Waals surface area (Å²) in [5.74, 6) is -0.359. The maximum atomic E-state index is 12.5. The quantitative estimate of drug-likeness (QED) is 0.762. The molecule has 2 aromatic rings. The first-order valence-electron chi connectivity index (χ1n) is 7.51. The molecule has 0 aliphatic heterocycles. The molecule has 2 N–H and O–H groups in total. The largest absolute Gasteiger partial charge is 0.370 e. The minimum atomic E-state index is -3.52. The van der Waals surface area contributed by atoms with Gasteiger partial charge in [-0.15, -0.1) is 5.10 Å². The van der Waals surface area contributed by atoms with Crippen LogP contribution in [0.15, 0.2) is 23.1 Å². The molecule has 0 bridgehead atoms. The number of hydrogen-bond acceptors (Lipinski definition) is 5. The standard InChI is InChI=1S/C14H21N5O3S/c1-3-18(4-2)23(21,22)11-7-8-13-12(10-11)16-17-19(13)9-5-6-14(15)20/h7-8,10H,3-6,9H2,1-2H3,(H2,15,20). The summed E-state index contributed by atoms with van der Waals surface area (Å²) >= 11 is 0. The molecule has 0 saturated heterocycles. The topological polar surface area (TPSA) is 111 Å². The van der Waals surface area contributed by atoms with Gasteiger partial charge in [0.05, 0.1) is 10.4 Å². The summed E-state index contributed by atoms with van der Waals surface area (Å²) in [7, 11) is -3.52. The molecule has 0 radical (unpaired) electrons. The monoisotopic (exact) mass is 339 g/mol. The Balaban J connectivity index is 2.29. The Kier molecular flexibility index (Phi) is 5.32. The van der Waals surface area contributed by atoms with E-state index < -0.39 is 10.0 Å². The number of carbonyl (C=O) groups is 1. The number of nitrogens with two attached hydrogens (primary N) is 1. The van der Waals surface area contributed by atoms with E-state index in [4.69, 9.17) is 5.73 Å². The molecule has 23 heavy (non-hydrogen) atoms. The summed E-state index contributed by atoms with van der Waals surface area (Å²) in [6, 6.07) is 4.78. The third-order valence-corrected chi connectivity index (χ3v) is 5.67. The summed E-state index contributed by atoms with van der Waals surface area (Å²) < 4.78 is 28.1. The Morgan fingerprint density at radius 3 is 2.61 bits per heavy atom. The third-order valence-electron chi connectivity index (χ3n) is 3.62. The van der Waals surface area contributed by atoms with Crippen molar-refractivity contribution in [3.05, 3.63) is 18.2 Å². The Bertz CT molecular complexity index is 796. The zero-order valence-corrected chi connectivity index (χ0v) is 14.1. The van der Waals surface area contributed by atoms with Crippen LogP contribution in [0, 0.1) is 0 Å². The highest BCUT2D eigenvalue weighted by Crippen LogP contribution is 2.20. The summed E-state index contributed by atoms with van der Waals surface area (Å²) in [5.41, 5.74) is 6.35. The normalized spacial score (nSPS) is 12.1. The van der Waals surface area contributed by atoms with Gasteiger partial charge in [0, 0.05) is 26.1 Å². The van der Waals surface area contributed by atoms with Crippen LogP contribution in [-0.2, 0) is 21.4 Å². The lowest BCUT2D eigenvalue weighted by molar-refractivity contribution is -0.118. The van der Waals surface area contributed by atoms with Gasteiger partial charge in [-0.3, -0.25) is 4.79 Å². The molecule has 2 rings (SSSR count). The van der Waals surface area contributed by atoms with Gasteiger partial charge < -0.3 is 5.73 Å². The Morgan fingerprint density at radius 2 is 2.00 bits per heavy atom. The molecule has 0 saturated carbocycles. The van der Waals surface area contributed by atoms with Gasteiger partial charge >= 0.3 is 0 Å². The van der Waals surface area contributed by atoms with Crippen LogP contribution in [0.3, 0.4) is 0 Å². The lowest BCUT2D eigenvalue weighted by atomic mass is 10.3. The molecular weight excluding hydrogens is 318 g/mol. The minimum absolute atomic E-state index is 0.206. The first-order valence-corrected chi connectivity index (χ1v) is 8.95. The third kappa shape index (κ3) is 3.67. The molecule has 0 spiro atoms. The van der Waals surface area contributed by atoms with Crippen LogP contribution in [-0.4, -0.2) is 46.7 Å². The molecule has 8 nitrogen and oxygen atoms in total. The van der Waals surface area contributed by atoms with Gasteiger partial charge in [0.2, 0.25) is 15.9 Å². The molecule has 0 atom stereocenters. The SMILES string of the molecule is CCN(CC)S(=O)(=O)c1ccc2c(c1)nnn2CCCC(N)=O. The fraction of sp³-hybridized carbons (Fsp3) is 0.500. The predicted octanol–water partition coefficient (Wildman–Crippen LogP) is 0.727. The van der Waals surface area contributed by atoms with E-state index in [1.54, 1.807) is 30.7 Å². The van der Waals surface area contributed by atoms with Gasteiger partial charge in [-0.2, -0.15) is 4.31 Å². The molecule has 126 valence electrons. The average molecular weight is 339 g/mol. The number of sulfonamides is 1. The lowest BCUT2D eigenvalue weighted by Crippen LogP contribution is -2.30. The number of aryl methyl sites for hydroxylation is 1. The van der Waals surface area contributed by atoms with Crippen molar-refractivity contribution in [2.45, 2.75) is 38.1 Å². The molecule has 0 aliphatic carbocycles. The maximum absolute atomic E-state index is 12.5. The molecular formula is C14H21N5O3S. The number of rotatable bonds is 8. The number of benzene rings is 1. The van der Waals surface area contributed by atoms with Crippen molar-refractivity contribution in [3.8, 4) is 0 Å².